The van der Waals surface area contributed by atoms with Gasteiger partial charge in [0.05, 0.1) is 0 Å². The minimum atomic E-state index is -1.03. The van der Waals surface area contributed by atoms with Crippen LogP contribution in [-0.4, -0.2) is 34.4 Å². The number of carbonyl (C=O) groups is 1. The molecule has 2 N–H and O–H groups in total. The number of rotatable bonds is 3. The van der Waals surface area contributed by atoms with Crippen LogP contribution in [0.2, 0.25) is 0 Å². The number of guanidine groups is 1. The Morgan fingerprint density at radius 1 is 1.29 bits per heavy atom. The highest BCUT2D eigenvalue weighted by molar-refractivity contribution is 6.07. The van der Waals surface area contributed by atoms with Gasteiger partial charge in [-0.2, -0.15) is 0 Å². The molecule has 2 atom stereocenters. The second-order valence-corrected chi connectivity index (χ2v) is 8.45. The van der Waals surface area contributed by atoms with Gasteiger partial charge in [-0.25, -0.2) is 4.99 Å². The molecule has 1 aliphatic carbocycles. The SMILES string of the molecule is CN1C(=O)[C@]2(C[C@@](C)(Cc3ccccn3)Oc3ccc(C4CC4)cc32)N=C1N. The standard InChI is InChI=1S/C22H24N4O2/c1-21(12-16-5-3-4-10-24-16)13-22(19(27)26(2)20(23)25-22)17-11-15(14-6-7-14)8-9-18(17)28-21/h3-5,8-11,14H,6-7,12-13H2,1-2H3,(H2,23,25)/t21-,22-/m1/s1. The van der Waals surface area contributed by atoms with Crippen LogP contribution >= 0.6 is 0 Å². The molecular weight excluding hydrogens is 352 g/mol. The number of ether oxygens (including phenoxy) is 1. The lowest BCUT2D eigenvalue weighted by atomic mass is 9.75. The Balaban J connectivity index is 1.62. The summed E-state index contributed by atoms with van der Waals surface area (Å²) in [5.41, 5.74) is 7.46. The minimum absolute atomic E-state index is 0.0882. The third-order valence-corrected chi connectivity index (χ3v) is 6.07. The summed E-state index contributed by atoms with van der Waals surface area (Å²) in [7, 11) is 1.69. The largest absolute Gasteiger partial charge is 0.487 e. The summed E-state index contributed by atoms with van der Waals surface area (Å²) in [5.74, 6) is 1.47. The van der Waals surface area contributed by atoms with E-state index in [0.717, 1.165) is 11.3 Å². The fourth-order valence-electron chi connectivity index (χ4n) is 4.54. The van der Waals surface area contributed by atoms with Crippen molar-refractivity contribution in [3.05, 3.63) is 59.4 Å². The molecule has 0 bridgehead atoms. The lowest BCUT2D eigenvalue weighted by molar-refractivity contribution is -0.133. The molecule has 3 aliphatic rings. The molecule has 28 heavy (non-hydrogen) atoms. The second-order valence-electron chi connectivity index (χ2n) is 8.45. The number of benzene rings is 1. The maximum Gasteiger partial charge on any atom is 0.261 e. The monoisotopic (exact) mass is 376 g/mol. The Labute approximate surface area is 164 Å². The van der Waals surface area contributed by atoms with Crippen LogP contribution in [0, 0.1) is 0 Å². The van der Waals surface area contributed by atoms with Crippen LogP contribution in [0.25, 0.3) is 0 Å². The zero-order valence-electron chi connectivity index (χ0n) is 16.2. The van der Waals surface area contributed by atoms with Gasteiger partial charge in [-0.3, -0.25) is 14.7 Å². The summed E-state index contributed by atoms with van der Waals surface area (Å²) in [6, 6.07) is 12.1. The quantitative estimate of drug-likeness (QED) is 0.893. The number of fused-ring (bicyclic) bond motifs is 2. The van der Waals surface area contributed by atoms with E-state index in [0.29, 0.717) is 24.5 Å². The second kappa shape index (κ2) is 5.80. The number of nitrogens with two attached hydrogens (primary N) is 1. The first kappa shape index (κ1) is 17.2. The first-order valence-electron chi connectivity index (χ1n) is 9.77. The molecule has 5 rings (SSSR count). The van der Waals surface area contributed by atoms with Gasteiger partial charge in [-0.1, -0.05) is 12.1 Å². The summed E-state index contributed by atoms with van der Waals surface area (Å²) in [6.07, 6.45) is 5.19. The zero-order chi connectivity index (χ0) is 19.5. The summed E-state index contributed by atoms with van der Waals surface area (Å²) >= 11 is 0. The van der Waals surface area contributed by atoms with Gasteiger partial charge in [0.25, 0.3) is 5.91 Å². The van der Waals surface area contributed by atoms with Crippen molar-refractivity contribution in [3.8, 4) is 5.75 Å². The number of aliphatic imine (C=N–C) groups is 1. The van der Waals surface area contributed by atoms with Gasteiger partial charge >= 0.3 is 0 Å². The molecule has 1 saturated carbocycles. The fourth-order valence-corrected chi connectivity index (χ4v) is 4.54. The van der Waals surface area contributed by atoms with Crippen molar-refractivity contribution in [2.75, 3.05) is 7.05 Å². The third-order valence-electron chi connectivity index (χ3n) is 6.07. The predicted octanol–water partition coefficient (Wildman–Crippen LogP) is 2.72. The fraction of sp³-hybridized carbons (Fsp3) is 0.409. The third kappa shape index (κ3) is 2.58. The van der Waals surface area contributed by atoms with Crippen LogP contribution in [0.3, 0.4) is 0 Å². The highest BCUT2D eigenvalue weighted by Gasteiger charge is 2.57. The molecule has 3 heterocycles. The van der Waals surface area contributed by atoms with Crippen molar-refractivity contribution in [2.24, 2.45) is 10.7 Å². The Kier molecular flexibility index (Phi) is 3.57. The van der Waals surface area contributed by atoms with Crippen molar-refractivity contribution in [1.82, 2.24) is 9.88 Å². The molecule has 2 aromatic rings. The van der Waals surface area contributed by atoms with Crippen LogP contribution in [0.5, 0.6) is 5.75 Å². The first-order chi connectivity index (χ1) is 13.4. The average Bonchev–Trinajstić information content (AvgIpc) is 3.49. The topological polar surface area (TPSA) is 80.8 Å². The maximum atomic E-state index is 13.4. The summed E-state index contributed by atoms with van der Waals surface area (Å²) in [4.78, 5) is 24.0. The minimum Gasteiger partial charge on any atom is -0.487 e. The van der Waals surface area contributed by atoms with Crippen LogP contribution in [0.15, 0.2) is 47.6 Å². The number of likely N-dealkylation sites (N-methyl/N-ethyl adjacent to an activating group) is 1. The van der Waals surface area contributed by atoms with Crippen LogP contribution in [0.4, 0.5) is 0 Å². The molecule has 0 saturated heterocycles. The number of hydrogen-bond acceptors (Lipinski definition) is 5. The molecule has 144 valence electrons. The van der Waals surface area contributed by atoms with Crippen molar-refractivity contribution >= 4 is 11.9 Å². The molecule has 0 unspecified atom stereocenters. The Bertz CT molecular complexity index is 985. The molecule has 1 aromatic carbocycles. The molecular formula is C22H24N4O2. The van der Waals surface area contributed by atoms with Gasteiger partial charge < -0.3 is 10.5 Å². The molecule has 1 aromatic heterocycles. The normalized spacial score (nSPS) is 28.9. The Morgan fingerprint density at radius 2 is 2.11 bits per heavy atom. The van der Waals surface area contributed by atoms with Gasteiger partial charge in [0, 0.05) is 37.3 Å². The van der Waals surface area contributed by atoms with E-state index in [1.54, 1.807) is 13.2 Å². The van der Waals surface area contributed by atoms with Gasteiger partial charge in [0.2, 0.25) is 0 Å². The Morgan fingerprint density at radius 3 is 2.75 bits per heavy atom. The van der Waals surface area contributed by atoms with Crippen molar-refractivity contribution < 1.29 is 9.53 Å². The highest BCUT2D eigenvalue weighted by Crippen LogP contribution is 2.51. The van der Waals surface area contributed by atoms with Crippen LogP contribution < -0.4 is 10.5 Å². The number of carbonyl (C=O) groups excluding carboxylic acids is 1. The number of pyridine rings is 1. The van der Waals surface area contributed by atoms with E-state index < -0.39 is 11.1 Å². The molecule has 0 radical (unpaired) electrons. The Hall–Kier alpha value is -2.89. The van der Waals surface area contributed by atoms with Crippen molar-refractivity contribution in [1.29, 1.82) is 0 Å². The number of nitrogens with zero attached hydrogens (tertiary/aromatic N) is 3. The smallest absolute Gasteiger partial charge is 0.261 e. The van der Waals surface area contributed by atoms with E-state index in [9.17, 15) is 4.79 Å². The van der Waals surface area contributed by atoms with Crippen molar-refractivity contribution in [2.45, 2.75) is 49.7 Å². The molecule has 1 spiro atoms. The predicted molar refractivity (Wildman–Crippen MR) is 106 cm³/mol. The van der Waals surface area contributed by atoms with E-state index in [2.05, 4.69) is 17.1 Å². The summed E-state index contributed by atoms with van der Waals surface area (Å²) in [5, 5.41) is 0. The van der Waals surface area contributed by atoms with Gasteiger partial charge in [-0.05, 0) is 55.5 Å². The molecule has 1 fully saturated rings. The van der Waals surface area contributed by atoms with E-state index in [1.807, 2.05) is 31.2 Å². The van der Waals surface area contributed by atoms with Gasteiger partial charge in [0.15, 0.2) is 11.5 Å². The molecule has 1 amide bonds. The number of amides is 1. The lowest BCUT2D eigenvalue weighted by Gasteiger charge is -2.43. The molecule has 6 heteroatoms. The van der Waals surface area contributed by atoms with E-state index in [4.69, 9.17) is 15.5 Å². The van der Waals surface area contributed by atoms with E-state index >= 15 is 0 Å². The van der Waals surface area contributed by atoms with E-state index in [-0.39, 0.29) is 11.9 Å². The molecule has 6 nitrogen and oxygen atoms in total. The zero-order valence-corrected chi connectivity index (χ0v) is 16.2. The van der Waals surface area contributed by atoms with Crippen molar-refractivity contribution in [3.63, 3.8) is 0 Å². The summed E-state index contributed by atoms with van der Waals surface area (Å²) in [6.45, 7) is 2.03. The van der Waals surface area contributed by atoms with Crippen LogP contribution in [-0.2, 0) is 16.8 Å². The average molecular weight is 376 g/mol. The van der Waals surface area contributed by atoms with Gasteiger partial charge in [0.1, 0.15) is 11.4 Å². The van der Waals surface area contributed by atoms with E-state index in [1.165, 1.54) is 23.3 Å². The van der Waals surface area contributed by atoms with Gasteiger partial charge in [-0.15, -0.1) is 0 Å². The summed E-state index contributed by atoms with van der Waals surface area (Å²) < 4.78 is 6.46. The maximum absolute atomic E-state index is 13.4. The first-order valence-corrected chi connectivity index (χ1v) is 9.77. The van der Waals surface area contributed by atoms with Crippen LogP contribution in [0.1, 0.15) is 48.9 Å². The lowest BCUT2D eigenvalue weighted by Crippen LogP contribution is -2.51. The molecule has 2 aliphatic heterocycles. The highest BCUT2D eigenvalue weighted by atomic mass is 16.5. The number of aromatic nitrogens is 1. The number of hydrogen-bond donors (Lipinski definition) is 1.